The maximum absolute atomic E-state index is 12.6. The van der Waals surface area contributed by atoms with Gasteiger partial charge >= 0.3 is 0 Å². The van der Waals surface area contributed by atoms with E-state index in [9.17, 15) is 13.2 Å². The van der Waals surface area contributed by atoms with Gasteiger partial charge in [0.25, 0.3) is 0 Å². The van der Waals surface area contributed by atoms with Crippen molar-refractivity contribution >= 4 is 33.6 Å². The van der Waals surface area contributed by atoms with E-state index in [-0.39, 0.29) is 11.7 Å². The van der Waals surface area contributed by atoms with Crippen molar-refractivity contribution in [3.8, 4) is 0 Å². The van der Waals surface area contributed by atoms with Crippen LogP contribution in [0.2, 0.25) is 5.02 Å². The summed E-state index contributed by atoms with van der Waals surface area (Å²) >= 11 is 6.10. The molecule has 0 spiro atoms. The average molecular weight is 419 g/mol. The molecule has 1 aliphatic rings. The van der Waals surface area contributed by atoms with E-state index in [0.29, 0.717) is 31.2 Å². The lowest BCUT2D eigenvalue weighted by molar-refractivity contribution is -0.127. The number of carbonyl (C=O) groups excluding carboxylic acids is 1. The van der Waals surface area contributed by atoms with E-state index in [2.05, 4.69) is 0 Å². The molecule has 1 saturated heterocycles. The van der Waals surface area contributed by atoms with Crippen LogP contribution < -0.4 is 0 Å². The van der Waals surface area contributed by atoms with Crippen molar-refractivity contribution < 1.29 is 13.2 Å². The summed E-state index contributed by atoms with van der Waals surface area (Å²) in [7, 11) is -3.39. The summed E-state index contributed by atoms with van der Waals surface area (Å²) in [5.41, 5.74) is 2.60. The van der Waals surface area contributed by atoms with Crippen molar-refractivity contribution in [1.82, 2.24) is 9.21 Å². The van der Waals surface area contributed by atoms with Crippen LogP contribution in [0.5, 0.6) is 0 Å². The molecular weight excluding hydrogens is 396 g/mol. The Bertz CT molecular complexity index is 966. The zero-order chi connectivity index (χ0) is 20.1. The Morgan fingerprint density at radius 3 is 2.39 bits per heavy atom. The van der Waals surface area contributed by atoms with Gasteiger partial charge in [0, 0.05) is 37.3 Å². The first-order valence-electron chi connectivity index (χ1n) is 9.10. The fourth-order valence-corrected chi connectivity index (χ4v) is 4.75. The number of amides is 1. The van der Waals surface area contributed by atoms with Crippen LogP contribution in [0, 0.1) is 6.92 Å². The molecule has 28 heavy (non-hydrogen) atoms. The third-order valence-electron chi connectivity index (χ3n) is 4.75. The zero-order valence-corrected chi connectivity index (χ0v) is 17.3. The molecular formula is C21H23ClN2O3S. The smallest absolute Gasteiger partial charge is 0.246 e. The topological polar surface area (TPSA) is 57.7 Å². The minimum absolute atomic E-state index is 0.0180. The molecule has 1 heterocycles. The molecule has 0 bridgehead atoms. The largest absolute Gasteiger partial charge is 0.337 e. The van der Waals surface area contributed by atoms with Crippen molar-refractivity contribution in [2.45, 2.75) is 12.7 Å². The van der Waals surface area contributed by atoms with Gasteiger partial charge in [-0.2, -0.15) is 4.31 Å². The number of carbonyl (C=O) groups is 1. The summed E-state index contributed by atoms with van der Waals surface area (Å²) < 4.78 is 26.7. The molecule has 7 heteroatoms. The Balaban J connectivity index is 1.56. The summed E-state index contributed by atoms with van der Waals surface area (Å²) in [6.45, 7) is 3.31. The Morgan fingerprint density at radius 1 is 1.07 bits per heavy atom. The van der Waals surface area contributed by atoms with E-state index in [4.69, 9.17) is 11.6 Å². The van der Waals surface area contributed by atoms with E-state index in [0.717, 1.165) is 16.7 Å². The number of aryl methyl sites for hydroxylation is 1. The van der Waals surface area contributed by atoms with E-state index in [1.54, 1.807) is 23.1 Å². The highest BCUT2D eigenvalue weighted by atomic mass is 35.5. The highest BCUT2D eigenvalue weighted by Crippen LogP contribution is 2.18. The molecule has 1 fully saturated rings. The lowest BCUT2D eigenvalue weighted by Crippen LogP contribution is -2.50. The average Bonchev–Trinajstić information content (AvgIpc) is 2.69. The Kier molecular flexibility index (Phi) is 6.54. The number of hydrogen-bond acceptors (Lipinski definition) is 3. The molecule has 0 N–H and O–H groups in total. The zero-order valence-electron chi connectivity index (χ0n) is 15.7. The predicted molar refractivity (Wildman–Crippen MR) is 112 cm³/mol. The summed E-state index contributed by atoms with van der Waals surface area (Å²) in [6, 6.07) is 14.7. The number of hydrogen-bond donors (Lipinski definition) is 0. The van der Waals surface area contributed by atoms with Crippen LogP contribution in [0.3, 0.4) is 0 Å². The molecule has 5 nitrogen and oxygen atoms in total. The van der Waals surface area contributed by atoms with Gasteiger partial charge in [-0.25, -0.2) is 8.42 Å². The maximum atomic E-state index is 12.6. The van der Waals surface area contributed by atoms with Crippen molar-refractivity contribution in [3.63, 3.8) is 0 Å². The second-order valence-electron chi connectivity index (χ2n) is 6.81. The van der Waals surface area contributed by atoms with Gasteiger partial charge in [0.05, 0.1) is 5.75 Å². The minimum Gasteiger partial charge on any atom is -0.337 e. The molecule has 1 aliphatic heterocycles. The van der Waals surface area contributed by atoms with Gasteiger partial charge in [-0.3, -0.25) is 4.79 Å². The second-order valence-corrected chi connectivity index (χ2v) is 9.18. The molecule has 2 aromatic carbocycles. The van der Waals surface area contributed by atoms with Crippen LogP contribution in [0.4, 0.5) is 0 Å². The summed E-state index contributed by atoms with van der Waals surface area (Å²) in [5, 5.41) is 0.659. The van der Waals surface area contributed by atoms with Gasteiger partial charge in [0.1, 0.15) is 0 Å². The number of sulfonamides is 1. The standard InChI is InChI=1S/C21H23ClN2O3S/c1-17-7-8-18(15-20(17)22)9-10-21(25)23-11-13-24(14-12-23)28(26,27)16-19-5-3-2-4-6-19/h2-10,15H,11-14,16H2,1H3/b10-9+. The highest BCUT2D eigenvalue weighted by Gasteiger charge is 2.28. The van der Waals surface area contributed by atoms with Crippen LogP contribution in [0.15, 0.2) is 54.6 Å². The second kappa shape index (κ2) is 8.90. The summed E-state index contributed by atoms with van der Waals surface area (Å²) in [5.74, 6) is -0.146. The first kappa shape index (κ1) is 20.6. The third-order valence-corrected chi connectivity index (χ3v) is 7.01. The van der Waals surface area contributed by atoms with Crippen LogP contribution in [-0.2, 0) is 20.6 Å². The molecule has 0 aromatic heterocycles. The van der Waals surface area contributed by atoms with Crippen molar-refractivity contribution in [2.24, 2.45) is 0 Å². The monoisotopic (exact) mass is 418 g/mol. The fourth-order valence-electron chi connectivity index (χ4n) is 3.05. The van der Waals surface area contributed by atoms with Crippen LogP contribution in [-0.4, -0.2) is 49.7 Å². The number of benzene rings is 2. The highest BCUT2D eigenvalue weighted by molar-refractivity contribution is 7.88. The van der Waals surface area contributed by atoms with Crippen LogP contribution in [0.1, 0.15) is 16.7 Å². The number of rotatable bonds is 5. The predicted octanol–water partition coefficient (Wildman–Crippen LogP) is 3.34. The minimum atomic E-state index is -3.39. The van der Waals surface area contributed by atoms with Crippen molar-refractivity contribution in [2.75, 3.05) is 26.2 Å². The van der Waals surface area contributed by atoms with Gasteiger partial charge in [-0.15, -0.1) is 0 Å². The van der Waals surface area contributed by atoms with E-state index in [1.165, 1.54) is 10.4 Å². The first-order chi connectivity index (χ1) is 13.3. The van der Waals surface area contributed by atoms with Gasteiger partial charge in [0.15, 0.2) is 0 Å². The van der Waals surface area contributed by atoms with Gasteiger partial charge < -0.3 is 4.90 Å². The lowest BCUT2D eigenvalue weighted by atomic mass is 10.1. The molecule has 1 amide bonds. The molecule has 148 valence electrons. The molecule has 0 atom stereocenters. The summed E-state index contributed by atoms with van der Waals surface area (Å²) in [6.07, 6.45) is 3.24. The molecule has 3 rings (SSSR count). The molecule has 0 saturated carbocycles. The fraction of sp³-hybridized carbons (Fsp3) is 0.286. The quantitative estimate of drug-likeness (QED) is 0.700. The molecule has 0 unspecified atom stereocenters. The Hall–Kier alpha value is -2.15. The maximum Gasteiger partial charge on any atom is 0.246 e. The van der Waals surface area contributed by atoms with Gasteiger partial charge in [-0.05, 0) is 35.8 Å². The van der Waals surface area contributed by atoms with Crippen molar-refractivity contribution in [1.29, 1.82) is 0 Å². The van der Waals surface area contributed by atoms with E-state index >= 15 is 0 Å². The molecule has 2 aromatic rings. The molecule has 0 radical (unpaired) electrons. The van der Waals surface area contributed by atoms with E-state index < -0.39 is 10.0 Å². The Morgan fingerprint density at radius 2 is 1.75 bits per heavy atom. The van der Waals surface area contributed by atoms with Gasteiger partial charge in [-0.1, -0.05) is 54.1 Å². The normalized spacial score (nSPS) is 15.9. The first-order valence-corrected chi connectivity index (χ1v) is 11.1. The SMILES string of the molecule is Cc1ccc(/C=C/C(=O)N2CCN(S(=O)(=O)Cc3ccccc3)CC2)cc1Cl. The third kappa shape index (κ3) is 5.22. The van der Waals surface area contributed by atoms with Crippen LogP contribution >= 0.6 is 11.6 Å². The number of halogens is 1. The van der Waals surface area contributed by atoms with Crippen LogP contribution in [0.25, 0.3) is 6.08 Å². The van der Waals surface area contributed by atoms with Gasteiger partial charge in [0.2, 0.25) is 15.9 Å². The van der Waals surface area contributed by atoms with Crippen molar-refractivity contribution in [3.05, 3.63) is 76.3 Å². The Labute approximate surface area is 171 Å². The lowest BCUT2D eigenvalue weighted by Gasteiger charge is -2.33. The molecule has 0 aliphatic carbocycles. The number of piperazine rings is 1. The summed E-state index contributed by atoms with van der Waals surface area (Å²) in [4.78, 5) is 14.1. The number of nitrogens with zero attached hydrogens (tertiary/aromatic N) is 2. The van der Waals surface area contributed by atoms with E-state index in [1.807, 2.05) is 43.3 Å².